The van der Waals surface area contributed by atoms with Gasteiger partial charge < -0.3 is 26.0 Å². The van der Waals surface area contributed by atoms with Crippen LogP contribution in [0.1, 0.15) is 32.4 Å². The predicted octanol–water partition coefficient (Wildman–Crippen LogP) is 0.988. The SMILES string of the molecule is NC(NC(=O)C(F)(F)F)c1ccc(C(=O)NCC2COCCN2C(=O)c2ccncc2)cc1. The standard InChI is InChI=1S/C21H22F3N5O4/c22-21(23,24)20(32)28-17(25)13-1-3-14(4-2-13)18(30)27-11-16-12-33-10-9-29(16)19(31)15-5-7-26-8-6-15/h1-8,16-17H,9-12,25H2,(H,27,30)(H,28,32). The van der Waals surface area contributed by atoms with Crippen molar-refractivity contribution in [1.29, 1.82) is 0 Å². The number of carbonyl (C=O) groups is 3. The zero-order chi connectivity index (χ0) is 24.0. The van der Waals surface area contributed by atoms with Crippen molar-refractivity contribution in [3.05, 3.63) is 65.5 Å². The molecule has 2 heterocycles. The number of nitrogens with two attached hydrogens (primary N) is 1. The van der Waals surface area contributed by atoms with E-state index in [-0.39, 0.29) is 36.2 Å². The van der Waals surface area contributed by atoms with E-state index in [1.165, 1.54) is 36.7 Å². The summed E-state index contributed by atoms with van der Waals surface area (Å²) in [5.74, 6) is -2.80. The summed E-state index contributed by atoms with van der Waals surface area (Å²) in [5, 5.41) is 4.37. The first-order valence-electron chi connectivity index (χ1n) is 9.97. The summed E-state index contributed by atoms with van der Waals surface area (Å²) in [6.45, 7) is 1.15. The largest absolute Gasteiger partial charge is 0.471 e. The van der Waals surface area contributed by atoms with E-state index >= 15 is 0 Å². The van der Waals surface area contributed by atoms with E-state index in [4.69, 9.17) is 10.5 Å². The Kier molecular flexibility index (Phi) is 7.61. The molecule has 2 atom stereocenters. The first-order valence-corrected chi connectivity index (χ1v) is 9.97. The molecule has 0 spiro atoms. The van der Waals surface area contributed by atoms with Crippen molar-refractivity contribution in [1.82, 2.24) is 20.5 Å². The van der Waals surface area contributed by atoms with Gasteiger partial charge in [0, 0.05) is 36.6 Å². The zero-order valence-corrected chi connectivity index (χ0v) is 17.3. The normalized spacial score (nSPS) is 17.2. The van der Waals surface area contributed by atoms with E-state index in [1.54, 1.807) is 22.3 Å². The van der Waals surface area contributed by atoms with Crippen LogP contribution in [0.3, 0.4) is 0 Å². The number of hydrogen-bond donors (Lipinski definition) is 3. The highest BCUT2D eigenvalue weighted by molar-refractivity contribution is 5.95. The third kappa shape index (κ3) is 6.26. The van der Waals surface area contributed by atoms with Crippen molar-refractivity contribution < 1.29 is 32.3 Å². The summed E-state index contributed by atoms with van der Waals surface area (Å²) < 4.78 is 42.5. The van der Waals surface area contributed by atoms with Gasteiger partial charge in [-0.3, -0.25) is 19.4 Å². The molecular weight excluding hydrogens is 443 g/mol. The topological polar surface area (TPSA) is 127 Å². The number of pyridine rings is 1. The highest BCUT2D eigenvalue weighted by Gasteiger charge is 2.39. The third-order valence-corrected chi connectivity index (χ3v) is 4.99. The van der Waals surface area contributed by atoms with Crippen LogP contribution in [0.5, 0.6) is 0 Å². The molecule has 1 saturated heterocycles. The quantitative estimate of drug-likeness (QED) is 0.546. The fourth-order valence-electron chi connectivity index (χ4n) is 3.21. The van der Waals surface area contributed by atoms with Gasteiger partial charge in [0.1, 0.15) is 6.17 Å². The second-order valence-electron chi connectivity index (χ2n) is 7.24. The van der Waals surface area contributed by atoms with E-state index in [9.17, 15) is 27.6 Å². The smallest absolute Gasteiger partial charge is 0.377 e. The number of carbonyl (C=O) groups excluding carboxylic acids is 3. The first-order chi connectivity index (χ1) is 15.7. The Balaban J connectivity index is 1.58. The highest BCUT2D eigenvalue weighted by atomic mass is 19.4. The van der Waals surface area contributed by atoms with E-state index in [0.717, 1.165) is 0 Å². The van der Waals surface area contributed by atoms with Crippen molar-refractivity contribution in [2.75, 3.05) is 26.3 Å². The maximum atomic E-state index is 12.8. The molecule has 0 bridgehead atoms. The lowest BCUT2D eigenvalue weighted by Crippen LogP contribution is -2.53. The second-order valence-corrected chi connectivity index (χ2v) is 7.24. The minimum Gasteiger partial charge on any atom is -0.377 e. The van der Waals surface area contributed by atoms with Gasteiger partial charge in [0.2, 0.25) is 0 Å². The Labute approximate surface area is 187 Å². The summed E-state index contributed by atoms with van der Waals surface area (Å²) in [6.07, 6.45) is -3.39. The van der Waals surface area contributed by atoms with E-state index in [0.29, 0.717) is 18.7 Å². The fourth-order valence-corrected chi connectivity index (χ4v) is 3.21. The average Bonchev–Trinajstić information content (AvgIpc) is 2.82. The van der Waals surface area contributed by atoms with E-state index in [1.807, 2.05) is 0 Å². The molecule has 33 heavy (non-hydrogen) atoms. The molecule has 176 valence electrons. The maximum absolute atomic E-state index is 12.8. The Morgan fingerprint density at radius 2 is 1.79 bits per heavy atom. The van der Waals surface area contributed by atoms with Gasteiger partial charge in [-0.05, 0) is 29.8 Å². The van der Waals surface area contributed by atoms with Crippen molar-refractivity contribution >= 4 is 17.7 Å². The summed E-state index contributed by atoms with van der Waals surface area (Å²) in [7, 11) is 0. The van der Waals surface area contributed by atoms with Crippen LogP contribution in [0.15, 0.2) is 48.8 Å². The van der Waals surface area contributed by atoms with E-state index in [2.05, 4.69) is 10.3 Å². The van der Waals surface area contributed by atoms with Gasteiger partial charge in [-0.1, -0.05) is 12.1 Å². The van der Waals surface area contributed by atoms with Crippen molar-refractivity contribution in [3.8, 4) is 0 Å². The van der Waals surface area contributed by atoms with Crippen LogP contribution in [-0.4, -0.2) is 66.1 Å². The van der Waals surface area contributed by atoms with Crippen LogP contribution >= 0.6 is 0 Å². The van der Waals surface area contributed by atoms with Gasteiger partial charge in [0.15, 0.2) is 0 Å². The van der Waals surface area contributed by atoms with Gasteiger partial charge >= 0.3 is 12.1 Å². The molecule has 1 aromatic heterocycles. The Morgan fingerprint density at radius 1 is 1.12 bits per heavy atom. The Hall–Kier alpha value is -3.51. The van der Waals surface area contributed by atoms with Crippen molar-refractivity contribution in [2.24, 2.45) is 5.73 Å². The van der Waals surface area contributed by atoms with Crippen LogP contribution in [0.4, 0.5) is 13.2 Å². The number of benzene rings is 1. The van der Waals surface area contributed by atoms with Gasteiger partial charge in [0.25, 0.3) is 11.8 Å². The van der Waals surface area contributed by atoms with Crippen molar-refractivity contribution in [3.63, 3.8) is 0 Å². The third-order valence-electron chi connectivity index (χ3n) is 4.99. The van der Waals surface area contributed by atoms with Crippen LogP contribution in [0, 0.1) is 0 Å². The number of alkyl halides is 3. The number of amides is 3. The summed E-state index contributed by atoms with van der Waals surface area (Å²) in [5.41, 5.74) is 6.48. The number of rotatable bonds is 6. The Morgan fingerprint density at radius 3 is 2.42 bits per heavy atom. The lowest BCUT2D eigenvalue weighted by atomic mass is 10.1. The molecule has 12 heteroatoms. The minimum atomic E-state index is -5.05. The molecule has 2 aromatic rings. The Bertz CT molecular complexity index is 986. The molecule has 9 nitrogen and oxygen atoms in total. The van der Waals surface area contributed by atoms with Crippen LogP contribution in [0.25, 0.3) is 0 Å². The number of nitrogens with zero attached hydrogens (tertiary/aromatic N) is 2. The van der Waals surface area contributed by atoms with Gasteiger partial charge in [-0.2, -0.15) is 13.2 Å². The number of morpholine rings is 1. The molecule has 1 aromatic carbocycles. The number of hydrogen-bond acceptors (Lipinski definition) is 6. The molecule has 0 radical (unpaired) electrons. The predicted molar refractivity (Wildman–Crippen MR) is 110 cm³/mol. The van der Waals surface area contributed by atoms with Crippen molar-refractivity contribution in [2.45, 2.75) is 18.4 Å². The zero-order valence-electron chi connectivity index (χ0n) is 17.3. The molecule has 3 amide bonds. The fraction of sp³-hybridized carbons (Fsp3) is 0.333. The number of ether oxygens (including phenoxy) is 1. The lowest BCUT2D eigenvalue weighted by Gasteiger charge is -2.35. The number of aromatic nitrogens is 1. The average molecular weight is 465 g/mol. The molecule has 4 N–H and O–H groups in total. The van der Waals surface area contributed by atoms with Gasteiger partial charge in [-0.25, -0.2) is 0 Å². The molecule has 0 saturated carbocycles. The molecule has 0 aliphatic carbocycles. The molecule has 2 unspecified atom stereocenters. The first kappa shape index (κ1) is 24.1. The molecule has 1 aliphatic heterocycles. The lowest BCUT2D eigenvalue weighted by molar-refractivity contribution is -0.174. The van der Waals surface area contributed by atoms with Crippen LogP contribution in [0.2, 0.25) is 0 Å². The summed E-state index contributed by atoms with van der Waals surface area (Å²) >= 11 is 0. The molecule has 1 fully saturated rings. The summed E-state index contributed by atoms with van der Waals surface area (Å²) in [4.78, 5) is 41.8. The van der Waals surface area contributed by atoms with E-state index < -0.39 is 24.2 Å². The number of halogens is 3. The highest BCUT2D eigenvalue weighted by Crippen LogP contribution is 2.17. The number of nitrogens with one attached hydrogen (secondary N) is 2. The van der Waals surface area contributed by atoms with Gasteiger partial charge in [0.05, 0.1) is 19.3 Å². The second kappa shape index (κ2) is 10.4. The van der Waals surface area contributed by atoms with Crippen LogP contribution in [-0.2, 0) is 9.53 Å². The van der Waals surface area contributed by atoms with Gasteiger partial charge in [-0.15, -0.1) is 0 Å². The molecular formula is C21H22F3N5O4. The minimum absolute atomic E-state index is 0.137. The molecule has 1 aliphatic rings. The summed E-state index contributed by atoms with van der Waals surface area (Å²) in [6, 6.07) is 8.28. The molecule has 3 rings (SSSR count). The monoisotopic (exact) mass is 465 g/mol. The van der Waals surface area contributed by atoms with Crippen LogP contribution < -0.4 is 16.4 Å². The maximum Gasteiger partial charge on any atom is 0.471 e.